The van der Waals surface area contributed by atoms with E-state index in [9.17, 15) is 14.9 Å². The summed E-state index contributed by atoms with van der Waals surface area (Å²) < 4.78 is 0. The van der Waals surface area contributed by atoms with Gasteiger partial charge in [0.15, 0.2) is 0 Å². The van der Waals surface area contributed by atoms with E-state index in [1.807, 2.05) is 37.3 Å². The minimum atomic E-state index is -0.413. The van der Waals surface area contributed by atoms with Crippen LogP contribution in [0, 0.1) is 16.0 Å². The van der Waals surface area contributed by atoms with E-state index in [4.69, 9.17) is 0 Å². The molecule has 0 aliphatic carbocycles. The lowest BCUT2D eigenvalue weighted by Gasteiger charge is -2.19. The fourth-order valence-electron chi connectivity index (χ4n) is 2.79. The lowest BCUT2D eigenvalue weighted by Crippen LogP contribution is -2.32. The first-order valence-electron chi connectivity index (χ1n) is 7.97. The summed E-state index contributed by atoms with van der Waals surface area (Å²) in [6.07, 6.45) is 0.320. The molecule has 2 N–H and O–H groups in total. The molecule has 1 atom stereocenters. The van der Waals surface area contributed by atoms with Gasteiger partial charge in [0, 0.05) is 30.5 Å². The summed E-state index contributed by atoms with van der Waals surface area (Å²) in [7, 11) is 0. The van der Waals surface area contributed by atoms with E-state index < -0.39 is 4.92 Å². The topological polar surface area (TPSA) is 96.6 Å². The van der Waals surface area contributed by atoms with Crippen molar-refractivity contribution in [2.75, 3.05) is 5.32 Å². The number of nitro benzene ring substituents is 1. The molecule has 2 aromatic rings. The van der Waals surface area contributed by atoms with E-state index in [0.29, 0.717) is 29.9 Å². The van der Waals surface area contributed by atoms with Gasteiger partial charge in [0.25, 0.3) is 5.69 Å². The zero-order valence-electron chi connectivity index (χ0n) is 13.7. The second-order valence-electron chi connectivity index (χ2n) is 5.97. The van der Waals surface area contributed by atoms with E-state index in [1.165, 1.54) is 6.07 Å². The number of nitrogens with one attached hydrogen (secondary N) is 2. The number of carbonyl (C=O) groups excluding carboxylic acids is 1. The summed E-state index contributed by atoms with van der Waals surface area (Å²) >= 11 is 0. The summed E-state index contributed by atoms with van der Waals surface area (Å²) in [5.74, 6) is -0.233. The molecule has 1 heterocycles. The Balaban J connectivity index is 1.86. The maximum absolute atomic E-state index is 11.5. The average molecular weight is 338 g/mol. The molecular weight excluding hydrogens is 320 g/mol. The molecule has 0 aromatic heterocycles. The van der Waals surface area contributed by atoms with E-state index in [1.54, 1.807) is 12.1 Å². The standard InChI is InChI=1S/C18H18N4O3/c1-12-9-17(23)20-21-18(12)14-7-8-15(16(10-14)22(24)25)19-11-13-5-3-2-4-6-13/h2-8,10,12,19H,9,11H2,1H3,(H,20,23)/t12-/m1/s1. The Morgan fingerprint density at radius 1 is 1.28 bits per heavy atom. The molecule has 0 spiro atoms. The minimum Gasteiger partial charge on any atom is -0.375 e. The first kappa shape index (κ1) is 16.6. The highest BCUT2D eigenvalue weighted by molar-refractivity contribution is 6.06. The van der Waals surface area contributed by atoms with Gasteiger partial charge >= 0.3 is 0 Å². The number of anilines is 1. The van der Waals surface area contributed by atoms with Gasteiger partial charge in [0.1, 0.15) is 5.69 Å². The van der Waals surface area contributed by atoms with E-state index in [-0.39, 0.29) is 17.5 Å². The molecule has 7 heteroatoms. The minimum absolute atomic E-state index is 0.0137. The van der Waals surface area contributed by atoms with Gasteiger partial charge in [-0.3, -0.25) is 14.9 Å². The van der Waals surface area contributed by atoms with Gasteiger partial charge in [-0.2, -0.15) is 5.10 Å². The second kappa shape index (κ2) is 7.12. The van der Waals surface area contributed by atoms with Crippen LogP contribution < -0.4 is 10.7 Å². The van der Waals surface area contributed by atoms with Gasteiger partial charge in [0.2, 0.25) is 5.91 Å². The van der Waals surface area contributed by atoms with Gasteiger partial charge in [-0.15, -0.1) is 0 Å². The molecule has 7 nitrogen and oxygen atoms in total. The molecule has 0 saturated heterocycles. The zero-order valence-corrected chi connectivity index (χ0v) is 13.7. The summed E-state index contributed by atoms with van der Waals surface area (Å²) in [5.41, 5.74) is 5.20. The number of hydrazone groups is 1. The Kier molecular flexibility index (Phi) is 4.74. The Labute approximate surface area is 144 Å². The SMILES string of the molecule is C[C@@H]1CC(=O)NN=C1c1ccc(NCc2ccccc2)c([N+](=O)[O-])c1. The van der Waals surface area contributed by atoms with E-state index >= 15 is 0 Å². The molecular formula is C18H18N4O3. The monoisotopic (exact) mass is 338 g/mol. The van der Waals surface area contributed by atoms with Crippen LogP contribution in [0.5, 0.6) is 0 Å². The third-order valence-corrected chi connectivity index (χ3v) is 4.08. The Hall–Kier alpha value is -3.22. The quantitative estimate of drug-likeness (QED) is 0.647. The first-order valence-corrected chi connectivity index (χ1v) is 7.97. The van der Waals surface area contributed by atoms with Gasteiger partial charge in [0.05, 0.1) is 10.6 Å². The molecule has 0 saturated carbocycles. The van der Waals surface area contributed by atoms with Crippen molar-refractivity contribution in [3.63, 3.8) is 0 Å². The molecule has 0 bridgehead atoms. The van der Waals surface area contributed by atoms with Crippen LogP contribution in [0.2, 0.25) is 0 Å². The fourth-order valence-corrected chi connectivity index (χ4v) is 2.79. The largest absolute Gasteiger partial charge is 0.375 e. The molecule has 3 rings (SSSR count). The second-order valence-corrected chi connectivity index (χ2v) is 5.97. The molecule has 2 aromatic carbocycles. The van der Waals surface area contributed by atoms with Crippen LogP contribution in [0.3, 0.4) is 0 Å². The third kappa shape index (κ3) is 3.82. The predicted octanol–water partition coefficient (Wildman–Crippen LogP) is 3.07. The van der Waals surface area contributed by atoms with Crippen molar-refractivity contribution in [1.82, 2.24) is 5.43 Å². The normalized spacial score (nSPS) is 16.8. The lowest BCUT2D eigenvalue weighted by atomic mass is 9.93. The maximum atomic E-state index is 11.5. The van der Waals surface area contributed by atoms with E-state index in [0.717, 1.165) is 5.56 Å². The molecule has 1 aliphatic rings. The van der Waals surface area contributed by atoms with Gasteiger partial charge in [-0.05, 0) is 11.6 Å². The van der Waals surface area contributed by atoms with Crippen molar-refractivity contribution in [3.8, 4) is 0 Å². The van der Waals surface area contributed by atoms with Crippen molar-refractivity contribution in [1.29, 1.82) is 0 Å². The zero-order chi connectivity index (χ0) is 17.8. The van der Waals surface area contributed by atoms with Crippen molar-refractivity contribution in [2.45, 2.75) is 19.9 Å². The lowest BCUT2D eigenvalue weighted by molar-refractivity contribution is -0.384. The maximum Gasteiger partial charge on any atom is 0.292 e. The Morgan fingerprint density at radius 2 is 2.04 bits per heavy atom. The summed E-state index contributed by atoms with van der Waals surface area (Å²) in [5, 5.41) is 18.6. The predicted molar refractivity (Wildman–Crippen MR) is 95.3 cm³/mol. The number of rotatable bonds is 5. The van der Waals surface area contributed by atoms with Gasteiger partial charge < -0.3 is 5.32 Å². The molecule has 128 valence electrons. The highest BCUT2D eigenvalue weighted by Gasteiger charge is 2.24. The molecule has 0 fully saturated rings. The Morgan fingerprint density at radius 3 is 2.72 bits per heavy atom. The molecule has 0 radical (unpaired) electrons. The smallest absolute Gasteiger partial charge is 0.292 e. The van der Waals surface area contributed by atoms with Crippen LogP contribution in [0.15, 0.2) is 53.6 Å². The van der Waals surface area contributed by atoms with Gasteiger partial charge in [-0.1, -0.05) is 43.3 Å². The number of hydrogen-bond acceptors (Lipinski definition) is 5. The highest BCUT2D eigenvalue weighted by Crippen LogP contribution is 2.28. The number of benzene rings is 2. The molecule has 25 heavy (non-hydrogen) atoms. The van der Waals surface area contributed by atoms with Crippen LogP contribution in [-0.2, 0) is 11.3 Å². The molecule has 0 unspecified atom stereocenters. The molecule has 1 amide bonds. The summed E-state index contributed by atoms with van der Waals surface area (Å²) in [6.45, 7) is 2.37. The highest BCUT2D eigenvalue weighted by atomic mass is 16.6. The molecule has 1 aliphatic heterocycles. The summed E-state index contributed by atoms with van der Waals surface area (Å²) in [4.78, 5) is 22.4. The van der Waals surface area contributed by atoms with Crippen LogP contribution in [0.1, 0.15) is 24.5 Å². The number of amides is 1. The van der Waals surface area contributed by atoms with Crippen molar-refractivity contribution in [3.05, 3.63) is 69.8 Å². The summed E-state index contributed by atoms with van der Waals surface area (Å²) in [6, 6.07) is 14.6. The number of nitrogens with zero attached hydrogens (tertiary/aromatic N) is 2. The van der Waals surface area contributed by atoms with Crippen LogP contribution in [0.4, 0.5) is 11.4 Å². The average Bonchev–Trinajstić information content (AvgIpc) is 2.61. The van der Waals surface area contributed by atoms with Crippen LogP contribution in [0.25, 0.3) is 0 Å². The van der Waals surface area contributed by atoms with Crippen molar-refractivity contribution >= 4 is 23.0 Å². The van der Waals surface area contributed by atoms with Crippen molar-refractivity contribution in [2.24, 2.45) is 11.0 Å². The van der Waals surface area contributed by atoms with Crippen LogP contribution in [-0.4, -0.2) is 16.5 Å². The first-order chi connectivity index (χ1) is 12.0. The Bertz CT molecular complexity index is 833. The number of nitro groups is 1. The van der Waals surface area contributed by atoms with Crippen molar-refractivity contribution < 1.29 is 9.72 Å². The van der Waals surface area contributed by atoms with E-state index in [2.05, 4.69) is 15.8 Å². The fraction of sp³-hybridized carbons (Fsp3) is 0.222. The number of hydrogen-bond donors (Lipinski definition) is 2. The van der Waals surface area contributed by atoms with Gasteiger partial charge in [-0.25, -0.2) is 5.43 Å². The number of carbonyl (C=O) groups is 1. The van der Waals surface area contributed by atoms with Crippen LogP contribution >= 0.6 is 0 Å². The third-order valence-electron chi connectivity index (χ3n) is 4.08.